The van der Waals surface area contributed by atoms with Crippen LogP contribution in [0.1, 0.15) is 34.7 Å². The first-order valence-corrected chi connectivity index (χ1v) is 7.88. The van der Waals surface area contributed by atoms with Gasteiger partial charge in [-0.15, -0.1) is 0 Å². The van der Waals surface area contributed by atoms with Crippen LogP contribution in [0.15, 0.2) is 35.4 Å². The fourth-order valence-electron chi connectivity index (χ4n) is 3.05. The molecule has 0 saturated heterocycles. The number of benzene rings is 2. The van der Waals surface area contributed by atoms with Gasteiger partial charge in [-0.25, -0.2) is 0 Å². The van der Waals surface area contributed by atoms with Crippen molar-refractivity contribution in [3.05, 3.63) is 52.6 Å². The molecule has 5 heteroatoms. The molecule has 0 saturated carbocycles. The molecule has 126 valence electrons. The summed E-state index contributed by atoms with van der Waals surface area (Å²) < 4.78 is 10.6. The Kier molecular flexibility index (Phi) is 4.34. The molecule has 0 fully saturated rings. The molecule has 1 heterocycles. The molecular formula is C19H22N2O3. The molecule has 5 nitrogen and oxygen atoms in total. The lowest BCUT2D eigenvalue weighted by Crippen LogP contribution is -2.10. The van der Waals surface area contributed by atoms with Crippen LogP contribution in [0.2, 0.25) is 0 Å². The zero-order valence-corrected chi connectivity index (χ0v) is 14.4. The Balaban J connectivity index is 1.85. The minimum Gasteiger partial charge on any atom is -0.507 e. The van der Waals surface area contributed by atoms with E-state index in [-0.39, 0.29) is 6.04 Å². The fourth-order valence-corrected chi connectivity index (χ4v) is 3.05. The Labute approximate surface area is 141 Å². The van der Waals surface area contributed by atoms with Gasteiger partial charge in [0.05, 0.1) is 26.0 Å². The number of phenolic OH excluding ortho intramolecular Hbond substituents is 1. The van der Waals surface area contributed by atoms with Crippen LogP contribution in [0.5, 0.6) is 17.2 Å². The molecule has 0 aliphatic carbocycles. The van der Waals surface area contributed by atoms with E-state index in [0.717, 1.165) is 28.0 Å². The van der Waals surface area contributed by atoms with Crippen molar-refractivity contribution in [3.63, 3.8) is 0 Å². The molecule has 1 aliphatic heterocycles. The van der Waals surface area contributed by atoms with Gasteiger partial charge < -0.3 is 20.0 Å². The van der Waals surface area contributed by atoms with E-state index in [1.807, 2.05) is 44.2 Å². The second-order valence-electron chi connectivity index (χ2n) is 6.04. The smallest absolute Gasteiger partial charge is 0.161 e. The van der Waals surface area contributed by atoms with Crippen molar-refractivity contribution < 1.29 is 14.6 Å². The predicted molar refractivity (Wildman–Crippen MR) is 94.2 cm³/mol. The van der Waals surface area contributed by atoms with Crippen LogP contribution in [0, 0.1) is 13.8 Å². The molecule has 0 unspecified atom stereocenters. The quantitative estimate of drug-likeness (QED) is 0.903. The number of hydrogen-bond acceptors (Lipinski definition) is 5. The molecule has 0 aromatic heterocycles. The molecule has 3 rings (SSSR count). The number of nitrogens with zero attached hydrogens (tertiary/aromatic N) is 1. The number of hydrazone groups is 1. The molecule has 1 aliphatic rings. The maximum Gasteiger partial charge on any atom is 0.161 e. The summed E-state index contributed by atoms with van der Waals surface area (Å²) in [5.41, 5.74) is 7.85. The van der Waals surface area contributed by atoms with Crippen molar-refractivity contribution in [2.24, 2.45) is 5.10 Å². The van der Waals surface area contributed by atoms with Crippen LogP contribution in [0.25, 0.3) is 0 Å². The number of methoxy groups -OCH3 is 2. The normalized spacial score (nSPS) is 16.5. The van der Waals surface area contributed by atoms with Gasteiger partial charge in [0.15, 0.2) is 11.5 Å². The van der Waals surface area contributed by atoms with Crippen molar-refractivity contribution in [1.82, 2.24) is 5.43 Å². The van der Waals surface area contributed by atoms with Gasteiger partial charge in [0.1, 0.15) is 5.75 Å². The second-order valence-corrected chi connectivity index (χ2v) is 6.04. The molecule has 0 bridgehead atoms. The lowest BCUT2D eigenvalue weighted by Gasteiger charge is -2.14. The van der Waals surface area contributed by atoms with E-state index in [0.29, 0.717) is 23.7 Å². The van der Waals surface area contributed by atoms with Crippen molar-refractivity contribution in [3.8, 4) is 17.2 Å². The monoisotopic (exact) mass is 326 g/mol. The molecule has 24 heavy (non-hydrogen) atoms. The number of nitrogens with one attached hydrogen (secondary N) is 1. The average molecular weight is 326 g/mol. The fraction of sp³-hybridized carbons (Fsp3) is 0.316. The summed E-state index contributed by atoms with van der Waals surface area (Å²) in [6, 6.07) is 9.82. The highest BCUT2D eigenvalue weighted by Gasteiger charge is 2.24. The minimum absolute atomic E-state index is 0.0417. The van der Waals surface area contributed by atoms with Crippen molar-refractivity contribution >= 4 is 5.71 Å². The Morgan fingerprint density at radius 3 is 2.54 bits per heavy atom. The van der Waals surface area contributed by atoms with E-state index in [2.05, 4.69) is 10.5 Å². The first-order valence-electron chi connectivity index (χ1n) is 7.88. The van der Waals surface area contributed by atoms with Gasteiger partial charge in [-0.1, -0.05) is 12.1 Å². The summed E-state index contributed by atoms with van der Waals surface area (Å²) in [7, 11) is 3.24. The first kappa shape index (κ1) is 16.2. The standard InChI is InChI=1S/C19H22N2O3/c1-11-7-12(2)19(22)14(8-11)16-10-15(20-21-16)13-5-6-17(23-3)18(9-13)24-4/h5-9,15,20,22H,10H2,1-4H3/t15-/m0/s1. The molecule has 0 amide bonds. The Hall–Kier alpha value is -2.69. The van der Waals surface area contributed by atoms with Gasteiger partial charge in [0.25, 0.3) is 0 Å². The van der Waals surface area contributed by atoms with E-state index in [4.69, 9.17) is 9.47 Å². The molecule has 2 N–H and O–H groups in total. The lowest BCUT2D eigenvalue weighted by atomic mass is 9.96. The third kappa shape index (κ3) is 2.89. The van der Waals surface area contributed by atoms with Crippen LogP contribution < -0.4 is 14.9 Å². The highest BCUT2D eigenvalue weighted by molar-refractivity contribution is 6.04. The largest absolute Gasteiger partial charge is 0.507 e. The van der Waals surface area contributed by atoms with Crippen LogP contribution in [0.3, 0.4) is 0 Å². The zero-order valence-electron chi connectivity index (χ0n) is 14.4. The topological polar surface area (TPSA) is 63.1 Å². The van der Waals surface area contributed by atoms with Gasteiger partial charge in [0.2, 0.25) is 0 Å². The number of aromatic hydroxyl groups is 1. The van der Waals surface area contributed by atoms with Gasteiger partial charge in [0, 0.05) is 12.0 Å². The van der Waals surface area contributed by atoms with Gasteiger partial charge >= 0.3 is 0 Å². The molecule has 2 aromatic carbocycles. The highest BCUT2D eigenvalue weighted by atomic mass is 16.5. The van der Waals surface area contributed by atoms with Crippen LogP contribution in [-0.2, 0) is 0 Å². The number of ether oxygens (including phenoxy) is 2. The third-order valence-electron chi connectivity index (χ3n) is 4.32. The second kappa shape index (κ2) is 6.43. The van der Waals surface area contributed by atoms with Gasteiger partial charge in [-0.05, 0) is 48.7 Å². The summed E-state index contributed by atoms with van der Waals surface area (Å²) in [5, 5.41) is 14.8. The van der Waals surface area contributed by atoms with Gasteiger partial charge in [-0.2, -0.15) is 5.10 Å². The van der Waals surface area contributed by atoms with Gasteiger partial charge in [-0.3, -0.25) is 0 Å². The average Bonchev–Trinajstić information content (AvgIpc) is 3.07. The maximum absolute atomic E-state index is 10.3. The van der Waals surface area contributed by atoms with E-state index in [9.17, 15) is 5.11 Å². The first-order chi connectivity index (χ1) is 11.5. The number of aryl methyl sites for hydroxylation is 2. The highest BCUT2D eigenvalue weighted by Crippen LogP contribution is 2.34. The van der Waals surface area contributed by atoms with Crippen molar-refractivity contribution in [1.29, 1.82) is 0 Å². The van der Waals surface area contributed by atoms with Crippen LogP contribution in [0.4, 0.5) is 0 Å². The summed E-state index contributed by atoms with van der Waals surface area (Å²) >= 11 is 0. The Bertz CT molecular complexity index is 799. The maximum atomic E-state index is 10.3. The van der Waals surface area contributed by atoms with E-state index >= 15 is 0 Å². The third-order valence-corrected chi connectivity index (χ3v) is 4.32. The molecule has 0 spiro atoms. The lowest BCUT2D eigenvalue weighted by molar-refractivity contribution is 0.354. The number of rotatable bonds is 4. The van der Waals surface area contributed by atoms with E-state index in [1.54, 1.807) is 14.2 Å². The summed E-state index contributed by atoms with van der Waals surface area (Å²) in [4.78, 5) is 0. The summed E-state index contributed by atoms with van der Waals surface area (Å²) in [5.74, 6) is 1.70. The molecule has 1 atom stereocenters. The molecule has 0 radical (unpaired) electrons. The number of phenols is 1. The van der Waals surface area contributed by atoms with E-state index < -0.39 is 0 Å². The van der Waals surface area contributed by atoms with Crippen LogP contribution >= 0.6 is 0 Å². The summed E-state index contributed by atoms with van der Waals surface area (Å²) in [6.45, 7) is 3.92. The Morgan fingerprint density at radius 1 is 1.08 bits per heavy atom. The predicted octanol–water partition coefficient (Wildman–Crippen LogP) is 3.46. The van der Waals surface area contributed by atoms with Crippen molar-refractivity contribution in [2.45, 2.75) is 26.3 Å². The van der Waals surface area contributed by atoms with Crippen LogP contribution in [-0.4, -0.2) is 25.0 Å². The molecule has 2 aromatic rings. The van der Waals surface area contributed by atoms with Crippen molar-refractivity contribution in [2.75, 3.05) is 14.2 Å². The minimum atomic E-state index is 0.0417. The summed E-state index contributed by atoms with van der Waals surface area (Å²) in [6.07, 6.45) is 0.700. The zero-order chi connectivity index (χ0) is 17.3. The van der Waals surface area contributed by atoms with E-state index in [1.165, 1.54) is 0 Å². The number of hydrogen-bond donors (Lipinski definition) is 2. The SMILES string of the molecule is COc1ccc([C@@H]2CC(c3cc(C)cc(C)c3O)=NN2)cc1OC. The molecular weight excluding hydrogens is 304 g/mol. The Morgan fingerprint density at radius 2 is 1.83 bits per heavy atom.